The smallest absolute Gasteiger partial charge is 0.317 e. The van der Waals surface area contributed by atoms with Crippen molar-refractivity contribution in [3.05, 3.63) is 48.0 Å². The van der Waals surface area contributed by atoms with Crippen molar-refractivity contribution in [2.24, 2.45) is 0 Å². The van der Waals surface area contributed by atoms with Crippen LogP contribution < -0.4 is 5.32 Å². The molecule has 2 aliphatic rings. The number of rotatable bonds is 2. The normalized spacial score (nSPS) is 18.5. The van der Waals surface area contributed by atoms with E-state index in [1.54, 1.807) is 0 Å². The molecule has 2 aromatic rings. The highest BCUT2D eigenvalue weighted by Crippen LogP contribution is 2.21. The number of carbonyl (C=O) groups excluding carboxylic acids is 2. The Morgan fingerprint density at radius 1 is 0.815 bits per heavy atom. The van der Waals surface area contributed by atoms with Gasteiger partial charge in [0.2, 0.25) is 0 Å². The van der Waals surface area contributed by atoms with Gasteiger partial charge in [-0.2, -0.15) is 0 Å². The Morgan fingerprint density at radius 3 is 2.26 bits per heavy atom. The number of nitrogens with zero attached hydrogens (tertiary/aromatic N) is 2. The van der Waals surface area contributed by atoms with Gasteiger partial charge in [-0.05, 0) is 29.7 Å². The minimum atomic E-state index is 0.0270. The van der Waals surface area contributed by atoms with Crippen LogP contribution in [-0.2, 0) is 0 Å². The number of hydrogen-bond donors (Lipinski definition) is 1. The van der Waals surface area contributed by atoms with Gasteiger partial charge in [0.1, 0.15) is 0 Å². The number of carbonyl (C=O) groups is 2. The molecule has 0 spiro atoms. The minimum absolute atomic E-state index is 0.0270. The summed E-state index contributed by atoms with van der Waals surface area (Å²) in [5.74, 6) is 0.0548. The van der Waals surface area contributed by atoms with E-state index < -0.39 is 0 Å². The molecular weight excluding hydrogens is 338 g/mol. The number of urea groups is 1. The molecule has 5 nitrogen and oxygen atoms in total. The summed E-state index contributed by atoms with van der Waals surface area (Å²) in [6, 6.07) is 14.2. The molecule has 3 amide bonds. The van der Waals surface area contributed by atoms with Crippen LogP contribution >= 0.6 is 0 Å². The number of benzene rings is 2. The quantitative estimate of drug-likeness (QED) is 0.883. The first-order valence-electron chi connectivity index (χ1n) is 10.0. The van der Waals surface area contributed by atoms with Crippen LogP contribution in [0.15, 0.2) is 42.5 Å². The zero-order valence-electron chi connectivity index (χ0n) is 15.7. The Hall–Kier alpha value is -2.56. The van der Waals surface area contributed by atoms with E-state index in [4.69, 9.17) is 0 Å². The first-order chi connectivity index (χ1) is 13.2. The Labute approximate surface area is 160 Å². The second kappa shape index (κ2) is 7.99. The van der Waals surface area contributed by atoms with Gasteiger partial charge in [0.05, 0.1) is 0 Å². The third-order valence-corrected chi connectivity index (χ3v) is 5.81. The van der Waals surface area contributed by atoms with Crippen molar-refractivity contribution < 1.29 is 9.59 Å². The van der Waals surface area contributed by atoms with E-state index in [1.165, 1.54) is 19.3 Å². The van der Waals surface area contributed by atoms with Crippen molar-refractivity contribution >= 4 is 22.7 Å². The summed E-state index contributed by atoms with van der Waals surface area (Å²) < 4.78 is 0. The number of piperazine rings is 1. The molecule has 2 aromatic carbocycles. The average molecular weight is 365 g/mol. The van der Waals surface area contributed by atoms with Crippen LogP contribution in [0.2, 0.25) is 0 Å². The maximum Gasteiger partial charge on any atom is 0.317 e. The fraction of sp³-hybridized carbons (Fsp3) is 0.455. The van der Waals surface area contributed by atoms with Gasteiger partial charge in [0.15, 0.2) is 0 Å². The highest BCUT2D eigenvalue weighted by Gasteiger charge is 2.27. The summed E-state index contributed by atoms with van der Waals surface area (Å²) in [7, 11) is 0. The highest BCUT2D eigenvalue weighted by atomic mass is 16.2. The Balaban J connectivity index is 1.37. The van der Waals surface area contributed by atoms with Gasteiger partial charge < -0.3 is 15.1 Å². The molecule has 0 aromatic heterocycles. The molecule has 2 fully saturated rings. The van der Waals surface area contributed by atoms with Gasteiger partial charge in [0.25, 0.3) is 5.91 Å². The summed E-state index contributed by atoms with van der Waals surface area (Å²) >= 11 is 0. The third-order valence-electron chi connectivity index (χ3n) is 5.81. The van der Waals surface area contributed by atoms with Gasteiger partial charge in [-0.3, -0.25) is 4.79 Å². The van der Waals surface area contributed by atoms with Crippen molar-refractivity contribution in [3.8, 4) is 0 Å². The summed E-state index contributed by atoms with van der Waals surface area (Å²) in [6.07, 6.45) is 5.87. The summed E-state index contributed by atoms with van der Waals surface area (Å²) in [6.45, 7) is 2.35. The Bertz CT molecular complexity index is 816. The molecule has 1 aliphatic carbocycles. The van der Waals surface area contributed by atoms with Crippen LogP contribution in [0.1, 0.15) is 42.5 Å². The van der Waals surface area contributed by atoms with Gasteiger partial charge in [-0.15, -0.1) is 0 Å². The predicted octanol–water partition coefficient (Wildman–Crippen LogP) is 3.64. The molecule has 4 rings (SSSR count). The molecule has 0 atom stereocenters. The molecule has 5 heteroatoms. The fourth-order valence-electron chi connectivity index (χ4n) is 4.21. The monoisotopic (exact) mass is 365 g/mol. The van der Waals surface area contributed by atoms with Crippen LogP contribution in [0.4, 0.5) is 4.79 Å². The predicted molar refractivity (Wildman–Crippen MR) is 107 cm³/mol. The highest BCUT2D eigenvalue weighted by molar-refractivity contribution is 6.07. The molecule has 0 bridgehead atoms. The van der Waals surface area contributed by atoms with Gasteiger partial charge in [-0.1, -0.05) is 55.7 Å². The van der Waals surface area contributed by atoms with Crippen LogP contribution in [0, 0.1) is 0 Å². The molecule has 142 valence electrons. The van der Waals surface area contributed by atoms with Crippen molar-refractivity contribution in [2.45, 2.75) is 38.1 Å². The van der Waals surface area contributed by atoms with Crippen molar-refractivity contribution in [1.82, 2.24) is 15.1 Å². The van der Waals surface area contributed by atoms with E-state index in [9.17, 15) is 9.59 Å². The van der Waals surface area contributed by atoms with Gasteiger partial charge in [0, 0.05) is 37.8 Å². The van der Waals surface area contributed by atoms with E-state index in [1.807, 2.05) is 52.3 Å². The molecule has 1 N–H and O–H groups in total. The van der Waals surface area contributed by atoms with Crippen LogP contribution in [-0.4, -0.2) is 54.0 Å². The number of fused-ring (bicyclic) bond motifs is 1. The van der Waals surface area contributed by atoms with Crippen molar-refractivity contribution in [3.63, 3.8) is 0 Å². The maximum atomic E-state index is 13.0. The lowest BCUT2D eigenvalue weighted by atomic mass is 9.96. The van der Waals surface area contributed by atoms with Crippen LogP contribution in [0.3, 0.4) is 0 Å². The van der Waals surface area contributed by atoms with Crippen LogP contribution in [0.25, 0.3) is 10.8 Å². The number of amides is 3. The van der Waals surface area contributed by atoms with E-state index in [2.05, 4.69) is 5.32 Å². The first kappa shape index (κ1) is 17.8. The lowest BCUT2D eigenvalue weighted by Crippen LogP contribution is -2.54. The molecule has 27 heavy (non-hydrogen) atoms. The SMILES string of the molecule is O=C(NC1CCCCC1)N1CCN(C(=O)c2cccc3ccccc23)CC1. The Morgan fingerprint density at radius 2 is 1.48 bits per heavy atom. The lowest BCUT2D eigenvalue weighted by Gasteiger charge is -2.36. The van der Waals surface area contributed by atoms with E-state index in [-0.39, 0.29) is 11.9 Å². The molecular formula is C22H27N3O2. The van der Waals surface area contributed by atoms with Crippen LogP contribution in [0.5, 0.6) is 0 Å². The molecule has 1 saturated carbocycles. The molecule has 1 saturated heterocycles. The van der Waals surface area contributed by atoms with E-state index in [0.717, 1.165) is 29.2 Å². The largest absolute Gasteiger partial charge is 0.335 e. The zero-order chi connectivity index (χ0) is 18.6. The summed E-state index contributed by atoms with van der Waals surface area (Å²) in [5.41, 5.74) is 0.744. The third kappa shape index (κ3) is 3.92. The number of hydrogen-bond acceptors (Lipinski definition) is 2. The topological polar surface area (TPSA) is 52.7 Å². The molecule has 0 radical (unpaired) electrons. The Kier molecular flexibility index (Phi) is 5.28. The first-order valence-corrected chi connectivity index (χ1v) is 10.0. The van der Waals surface area contributed by atoms with Crippen molar-refractivity contribution in [2.75, 3.05) is 26.2 Å². The van der Waals surface area contributed by atoms with Crippen molar-refractivity contribution in [1.29, 1.82) is 0 Å². The second-order valence-electron chi connectivity index (χ2n) is 7.59. The van der Waals surface area contributed by atoms with E-state index >= 15 is 0 Å². The second-order valence-corrected chi connectivity index (χ2v) is 7.59. The van der Waals surface area contributed by atoms with E-state index in [0.29, 0.717) is 32.2 Å². The molecule has 0 unspecified atom stereocenters. The summed E-state index contributed by atoms with van der Waals surface area (Å²) in [5, 5.41) is 5.24. The fourth-order valence-corrected chi connectivity index (χ4v) is 4.21. The maximum absolute atomic E-state index is 13.0. The molecule has 1 aliphatic heterocycles. The number of nitrogens with one attached hydrogen (secondary N) is 1. The van der Waals surface area contributed by atoms with Gasteiger partial charge in [-0.25, -0.2) is 4.79 Å². The summed E-state index contributed by atoms with van der Waals surface area (Å²) in [4.78, 5) is 29.2. The zero-order valence-corrected chi connectivity index (χ0v) is 15.7. The minimum Gasteiger partial charge on any atom is -0.335 e. The average Bonchev–Trinajstić information content (AvgIpc) is 2.73. The van der Waals surface area contributed by atoms with Gasteiger partial charge >= 0.3 is 6.03 Å². The molecule has 1 heterocycles. The standard InChI is InChI=1S/C22H27N3O2/c26-21(20-12-6-8-17-7-4-5-11-19(17)20)24-13-15-25(16-14-24)22(27)23-18-9-2-1-3-10-18/h4-8,11-12,18H,1-3,9-10,13-16H2,(H,23,27). The lowest BCUT2D eigenvalue weighted by molar-refractivity contribution is 0.0664.